The molecule has 0 aromatic carbocycles. The molecule has 12 heteroatoms. The van der Waals surface area contributed by atoms with Crippen molar-refractivity contribution in [2.75, 3.05) is 0 Å². The normalized spacial score (nSPS) is 16.5. The van der Waals surface area contributed by atoms with Gasteiger partial charge in [0.2, 0.25) is 0 Å². The van der Waals surface area contributed by atoms with E-state index in [9.17, 15) is 27.6 Å². The van der Waals surface area contributed by atoms with Gasteiger partial charge in [-0.15, -0.1) is 11.3 Å². The smallest absolute Gasteiger partial charge is 0.422 e. The molecule has 1 saturated carbocycles. The molecule has 1 aliphatic carbocycles. The highest BCUT2D eigenvalue weighted by Gasteiger charge is 2.39. The Labute approximate surface area is 199 Å². The Kier molecular flexibility index (Phi) is 6.97. The first-order chi connectivity index (χ1) is 15.5. The van der Waals surface area contributed by atoms with E-state index < -0.39 is 42.1 Å². The largest absolute Gasteiger partial charge is 0.443 e. The molecule has 0 radical (unpaired) electrons. The number of carbonyl (C=O) groups is 1. The lowest BCUT2D eigenvalue weighted by Crippen LogP contribution is -2.48. The molecule has 2 N–H and O–H groups in total. The number of ether oxygens (including phenoxy) is 1. The first-order valence-electron chi connectivity index (χ1n) is 11.0. The monoisotopic (exact) mass is 504 g/mol. The predicted octanol–water partition coefficient (Wildman–Crippen LogP) is 4.38. The molecular weight excluding hydrogens is 473 g/mol. The van der Waals surface area contributed by atoms with Crippen LogP contribution in [-0.2, 0) is 17.8 Å². The van der Waals surface area contributed by atoms with Gasteiger partial charge in [-0.05, 0) is 51.5 Å². The van der Waals surface area contributed by atoms with Crippen LogP contribution in [0.4, 0.5) is 18.0 Å². The van der Waals surface area contributed by atoms with Crippen LogP contribution in [0.3, 0.4) is 0 Å². The second kappa shape index (κ2) is 9.03. The predicted molar refractivity (Wildman–Crippen MR) is 124 cm³/mol. The molecule has 0 spiro atoms. The van der Waals surface area contributed by atoms with Crippen molar-refractivity contribution in [3.05, 3.63) is 31.3 Å². The summed E-state index contributed by atoms with van der Waals surface area (Å²) in [5.74, 6) is 0. The summed E-state index contributed by atoms with van der Waals surface area (Å²) in [6, 6.07) is -0.341. The zero-order valence-corrected chi connectivity index (χ0v) is 21.0. The molecule has 0 aliphatic heterocycles. The minimum absolute atomic E-state index is 0.0333. The molecule has 2 heterocycles. The van der Waals surface area contributed by atoms with Gasteiger partial charge in [0.15, 0.2) is 0 Å². The lowest BCUT2D eigenvalue weighted by atomic mass is 9.68. The van der Waals surface area contributed by atoms with E-state index in [1.807, 2.05) is 13.8 Å². The van der Waals surface area contributed by atoms with Crippen molar-refractivity contribution >= 4 is 27.6 Å². The van der Waals surface area contributed by atoms with Crippen molar-refractivity contribution in [1.82, 2.24) is 20.0 Å². The van der Waals surface area contributed by atoms with E-state index in [4.69, 9.17) is 4.74 Å². The summed E-state index contributed by atoms with van der Waals surface area (Å²) in [6.45, 7) is 10.4. The van der Waals surface area contributed by atoms with Crippen molar-refractivity contribution in [2.24, 2.45) is 5.41 Å². The van der Waals surface area contributed by atoms with Gasteiger partial charge in [0.05, 0.1) is 11.8 Å². The lowest BCUT2D eigenvalue weighted by Gasteiger charge is -2.43. The summed E-state index contributed by atoms with van der Waals surface area (Å²) in [6.07, 6.45) is -5.11. The van der Waals surface area contributed by atoms with E-state index >= 15 is 0 Å². The minimum atomic E-state index is -4.45. The van der Waals surface area contributed by atoms with E-state index in [1.54, 1.807) is 27.7 Å². The number of thiophene rings is 1. The molecule has 1 fully saturated rings. The van der Waals surface area contributed by atoms with Crippen molar-refractivity contribution < 1.29 is 22.7 Å². The second-order valence-corrected chi connectivity index (χ2v) is 11.6. The number of aryl methyl sites for hydroxylation is 2. The van der Waals surface area contributed by atoms with Gasteiger partial charge in [-0.25, -0.2) is 15.0 Å². The molecule has 2 aromatic rings. The maximum Gasteiger partial charge on any atom is 0.422 e. The van der Waals surface area contributed by atoms with Crippen LogP contribution in [0.15, 0.2) is 9.59 Å². The summed E-state index contributed by atoms with van der Waals surface area (Å²) >= 11 is 1.07. The van der Waals surface area contributed by atoms with Gasteiger partial charge >= 0.3 is 18.0 Å². The highest BCUT2D eigenvalue weighted by atomic mass is 32.1. The SMILES string of the molecule is Cc1c(CNNC(=O)OC(C)(C)C)sc2c1c(=O)n(C1CC(C)(C)C1)c(=O)n2CCC(F)(F)F. The molecule has 1 amide bonds. The Balaban J connectivity index is 1.98. The van der Waals surface area contributed by atoms with Crippen LogP contribution in [0.25, 0.3) is 10.2 Å². The number of aromatic nitrogens is 2. The molecule has 0 bridgehead atoms. The van der Waals surface area contributed by atoms with E-state index in [2.05, 4.69) is 10.9 Å². The fourth-order valence-corrected chi connectivity index (χ4v) is 5.49. The zero-order valence-electron chi connectivity index (χ0n) is 20.2. The number of alkyl halides is 3. The summed E-state index contributed by atoms with van der Waals surface area (Å²) in [5.41, 5.74) is 3.76. The van der Waals surface area contributed by atoms with Crippen LogP contribution in [0.1, 0.15) is 70.4 Å². The minimum Gasteiger partial charge on any atom is -0.443 e. The number of hydrogen-bond acceptors (Lipinski definition) is 6. The summed E-state index contributed by atoms with van der Waals surface area (Å²) in [5, 5.41) is 0.241. The van der Waals surface area contributed by atoms with Gasteiger partial charge in [0, 0.05) is 24.0 Å². The van der Waals surface area contributed by atoms with Gasteiger partial charge in [0.25, 0.3) is 5.56 Å². The third-order valence-corrected chi connectivity index (χ3v) is 7.06. The molecular formula is C22H31F3N4O4S. The molecule has 190 valence electrons. The number of hydrazine groups is 1. The average molecular weight is 505 g/mol. The van der Waals surface area contributed by atoms with Crippen molar-refractivity contribution in [1.29, 1.82) is 0 Å². The molecule has 0 unspecified atom stereocenters. The number of halogens is 3. The number of rotatable bonds is 6. The topological polar surface area (TPSA) is 94.4 Å². The molecule has 2 aromatic heterocycles. The van der Waals surface area contributed by atoms with Crippen LogP contribution in [0.5, 0.6) is 0 Å². The molecule has 3 rings (SSSR count). The van der Waals surface area contributed by atoms with Crippen molar-refractivity contribution in [3.8, 4) is 0 Å². The molecule has 8 nitrogen and oxygen atoms in total. The summed E-state index contributed by atoms with van der Waals surface area (Å²) < 4.78 is 46.3. The Morgan fingerprint density at radius 1 is 1.21 bits per heavy atom. The van der Waals surface area contributed by atoms with Crippen LogP contribution in [0, 0.1) is 12.3 Å². The number of hydrogen-bond donors (Lipinski definition) is 2. The van der Waals surface area contributed by atoms with Gasteiger partial charge in [-0.3, -0.25) is 19.4 Å². The number of amides is 1. The Morgan fingerprint density at radius 2 is 1.82 bits per heavy atom. The Bertz CT molecular complexity index is 1200. The van der Waals surface area contributed by atoms with E-state index in [1.165, 1.54) is 0 Å². The summed E-state index contributed by atoms with van der Waals surface area (Å²) in [4.78, 5) is 39.2. The van der Waals surface area contributed by atoms with Gasteiger partial charge in [0.1, 0.15) is 10.4 Å². The van der Waals surface area contributed by atoms with E-state index in [-0.39, 0.29) is 28.2 Å². The highest BCUT2D eigenvalue weighted by molar-refractivity contribution is 7.18. The first kappa shape index (κ1) is 26.3. The second-order valence-electron chi connectivity index (χ2n) is 10.5. The van der Waals surface area contributed by atoms with E-state index in [0.717, 1.165) is 20.5 Å². The average Bonchev–Trinajstić information content (AvgIpc) is 2.94. The maximum absolute atomic E-state index is 13.3. The van der Waals surface area contributed by atoms with E-state index in [0.29, 0.717) is 23.3 Å². The van der Waals surface area contributed by atoms with Crippen LogP contribution in [0.2, 0.25) is 0 Å². The standard InChI is InChI=1S/C22H31F3N4O4S/c1-12-14(11-26-27-18(31)33-20(2,3)4)34-17-15(12)16(30)29(13-9-21(5,6)10-13)19(32)28(17)8-7-22(23,24)25/h13,26H,7-11H2,1-6H3,(H,27,31). The lowest BCUT2D eigenvalue weighted by molar-refractivity contribution is -0.136. The zero-order chi connectivity index (χ0) is 25.6. The van der Waals surface area contributed by atoms with Gasteiger partial charge < -0.3 is 4.74 Å². The quantitative estimate of drug-likeness (QED) is 0.570. The summed E-state index contributed by atoms with van der Waals surface area (Å²) in [7, 11) is 0. The highest BCUT2D eigenvalue weighted by Crippen LogP contribution is 2.46. The first-order valence-corrected chi connectivity index (χ1v) is 11.9. The van der Waals surface area contributed by atoms with Gasteiger partial charge in [-0.2, -0.15) is 13.2 Å². The molecule has 34 heavy (non-hydrogen) atoms. The van der Waals surface area contributed by atoms with Crippen molar-refractivity contribution in [2.45, 2.75) is 91.7 Å². The Hall–Kier alpha value is -2.34. The molecule has 0 saturated heterocycles. The third-order valence-electron chi connectivity index (χ3n) is 5.74. The number of nitrogens with one attached hydrogen (secondary N) is 2. The van der Waals surface area contributed by atoms with Crippen molar-refractivity contribution in [3.63, 3.8) is 0 Å². The third kappa shape index (κ3) is 5.83. The molecule has 1 aliphatic rings. The van der Waals surface area contributed by atoms with Crippen LogP contribution >= 0.6 is 11.3 Å². The fourth-order valence-electron chi connectivity index (χ4n) is 4.24. The Morgan fingerprint density at radius 3 is 2.35 bits per heavy atom. The number of nitrogens with zero attached hydrogens (tertiary/aromatic N) is 2. The molecule has 0 atom stereocenters. The number of carbonyl (C=O) groups excluding carboxylic acids is 1. The van der Waals surface area contributed by atoms with Crippen LogP contribution in [-0.4, -0.2) is 27.0 Å². The number of fused-ring (bicyclic) bond motifs is 1. The fraction of sp³-hybridized carbons (Fsp3) is 0.682. The maximum atomic E-state index is 13.3. The van der Waals surface area contributed by atoms with Gasteiger partial charge in [-0.1, -0.05) is 13.8 Å². The van der Waals surface area contributed by atoms with Crippen LogP contribution < -0.4 is 22.1 Å².